The Bertz CT molecular complexity index is 843. The molecule has 0 amide bonds. The number of aryl methyl sites for hydroxylation is 2. The van der Waals surface area contributed by atoms with Crippen molar-refractivity contribution in [1.29, 1.82) is 0 Å². The third-order valence-electron chi connectivity index (χ3n) is 4.30. The molecule has 0 unspecified atom stereocenters. The molecular weight excluding hydrogens is 322 g/mol. The number of Topliss-reactive ketones (excluding diaryl/α,β-unsaturated/α-hetero) is 1. The standard InChI is InChI=1S/C19H17NO5/c21-18(15-9-8-13-4-1-2-5-14(13)10-15)12-25-19(22)16-6-3-7-17(11-16)20(23)24/h3,6-11H,1-2,4-5,12H2. The highest BCUT2D eigenvalue weighted by Crippen LogP contribution is 2.22. The zero-order chi connectivity index (χ0) is 17.8. The van der Waals surface area contributed by atoms with Crippen molar-refractivity contribution in [1.82, 2.24) is 0 Å². The lowest BCUT2D eigenvalue weighted by Crippen LogP contribution is -2.15. The van der Waals surface area contributed by atoms with Crippen LogP contribution >= 0.6 is 0 Å². The molecule has 3 rings (SSSR count). The van der Waals surface area contributed by atoms with E-state index in [1.807, 2.05) is 12.1 Å². The predicted octanol–water partition coefficient (Wildman–Crippen LogP) is 3.51. The van der Waals surface area contributed by atoms with Crippen LogP contribution in [0.3, 0.4) is 0 Å². The van der Waals surface area contributed by atoms with Crippen LogP contribution in [0.4, 0.5) is 5.69 Å². The number of ketones is 1. The number of rotatable bonds is 5. The molecule has 0 saturated heterocycles. The van der Waals surface area contributed by atoms with Crippen LogP contribution in [-0.4, -0.2) is 23.3 Å². The molecule has 0 atom stereocenters. The number of esters is 1. The van der Waals surface area contributed by atoms with E-state index in [0.717, 1.165) is 25.3 Å². The van der Waals surface area contributed by atoms with Gasteiger partial charge in [-0.25, -0.2) is 4.79 Å². The number of nitro benzene ring substituents is 1. The molecule has 1 aliphatic rings. The summed E-state index contributed by atoms with van der Waals surface area (Å²) in [5.74, 6) is -1.04. The molecule has 2 aromatic carbocycles. The van der Waals surface area contributed by atoms with E-state index in [1.54, 1.807) is 6.07 Å². The highest BCUT2D eigenvalue weighted by molar-refractivity contribution is 5.99. The fraction of sp³-hybridized carbons (Fsp3) is 0.263. The second-order valence-electron chi connectivity index (χ2n) is 6.00. The maximum atomic E-state index is 12.3. The van der Waals surface area contributed by atoms with E-state index in [2.05, 4.69) is 0 Å². The number of benzene rings is 2. The highest BCUT2D eigenvalue weighted by atomic mass is 16.6. The molecule has 0 heterocycles. The van der Waals surface area contributed by atoms with E-state index >= 15 is 0 Å². The smallest absolute Gasteiger partial charge is 0.338 e. The normalized spacial score (nSPS) is 13.0. The molecule has 25 heavy (non-hydrogen) atoms. The second kappa shape index (κ2) is 7.25. The minimum Gasteiger partial charge on any atom is -0.454 e. The van der Waals surface area contributed by atoms with Crippen LogP contribution in [0.2, 0.25) is 0 Å². The van der Waals surface area contributed by atoms with Gasteiger partial charge in [-0.05, 0) is 48.9 Å². The second-order valence-corrected chi connectivity index (χ2v) is 6.00. The molecule has 0 bridgehead atoms. The number of nitrogens with zero attached hydrogens (tertiary/aromatic N) is 1. The fourth-order valence-corrected chi connectivity index (χ4v) is 2.95. The van der Waals surface area contributed by atoms with Gasteiger partial charge in [0.1, 0.15) is 0 Å². The predicted molar refractivity (Wildman–Crippen MR) is 90.8 cm³/mol. The van der Waals surface area contributed by atoms with E-state index in [1.165, 1.54) is 35.7 Å². The maximum absolute atomic E-state index is 12.3. The molecule has 0 saturated carbocycles. The van der Waals surface area contributed by atoms with Crippen molar-refractivity contribution in [2.75, 3.05) is 6.61 Å². The Balaban J connectivity index is 1.65. The summed E-state index contributed by atoms with van der Waals surface area (Å²) < 4.78 is 5.01. The van der Waals surface area contributed by atoms with Gasteiger partial charge >= 0.3 is 5.97 Å². The Morgan fingerprint density at radius 1 is 1.00 bits per heavy atom. The van der Waals surface area contributed by atoms with Crippen LogP contribution in [0.15, 0.2) is 42.5 Å². The lowest BCUT2D eigenvalue weighted by Gasteiger charge is -2.16. The summed E-state index contributed by atoms with van der Waals surface area (Å²) in [6.45, 7) is -0.389. The van der Waals surface area contributed by atoms with E-state index in [-0.39, 0.29) is 23.6 Å². The molecule has 0 aliphatic heterocycles. The van der Waals surface area contributed by atoms with Crippen molar-refractivity contribution >= 4 is 17.4 Å². The molecule has 0 fully saturated rings. The summed E-state index contributed by atoms with van der Waals surface area (Å²) in [6, 6.07) is 10.8. The Hall–Kier alpha value is -3.02. The van der Waals surface area contributed by atoms with Crippen LogP contribution in [0.5, 0.6) is 0 Å². The summed E-state index contributed by atoms with van der Waals surface area (Å²) in [4.78, 5) is 34.4. The van der Waals surface area contributed by atoms with Crippen molar-refractivity contribution in [3.8, 4) is 0 Å². The van der Waals surface area contributed by atoms with E-state index < -0.39 is 10.9 Å². The largest absolute Gasteiger partial charge is 0.454 e. The minimum atomic E-state index is -0.755. The zero-order valence-corrected chi connectivity index (χ0v) is 13.6. The summed E-state index contributed by atoms with van der Waals surface area (Å²) in [5, 5.41) is 10.7. The maximum Gasteiger partial charge on any atom is 0.338 e. The first-order valence-corrected chi connectivity index (χ1v) is 8.11. The van der Waals surface area contributed by atoms with Gasteiger partial charge in [-0.15, -0.1) is 0 Å². The van der Waals surface area contributed by atoms with Gasteiger partial charge in [0.25, 0.3) is 5.69 Å². The molecule has 0 N–H and O–H groups in total. The van der Waals surface area contributed by atoms with Crippen LogP contribution in [0.1, 0.15) is 44.7 Å². The lowest BCUT2D eigenvalue weighted by molar-refractivity contribution is -0.384. The molecule has 0 radical (unpaired) electrons. The minimum absolute atomic E-state index is 0.0486. The van der Waals surface area contributed by atoms with Crippen LogP contribution in [0.25, 0.3) is 0 Å². The molecule has 6 nitrogen and oxygen atoms in total. The molecule has 0 spiro atoms. The summed E-state index contributed by atoms with van der Waals surface area (Å²) in [5.41, 5.74) is 2.83. The Kier molecular flexibility index (Phi) is 4.88. The first kappa shape index (κ1) is 16.8. The number of carbonyl (C=O) groups excluding carboxylic acids is 2. The van der Waals surface area contributed by atoms with Crippen LogP contribution < -0.4 is 0 Å². The van der Waals surface area contributed by atoms with Gasteiger partial charge in [0.05, 0.1) is 10.5 Å². The summed E-state index contributed by atoms with van der Waals surface area (Å²) in [6.07, 6.45) is 4.28. The number of non-ortho nitro benzene ring substituents is 1. The number of carbonyl (C=O) groups is 2. The first-order chi connectivity index (χ1) is 12.0. The average molecular weight is 339 g/mol. The van der Waals surface area contributed by atoms with Crippen LogP contribution in [-0.2, 0) is 17.6 Å². The SMILES string of the molecule is O=C(COC(=O)c1cccc([N+](=O)[O-])c1)c1ccc2c(c1)CCCC2. The highest BCUT2D eigenvalue weighted by Gasteiger charge is 2.16. The van der Waals surface area contributed by atoms with Gasteiger partial charge in [-0.1, -0.05) is 18.2 Å². The quantitative estimate of drug-likeness (QED) is 0.360. The molecule has 2 aromatic rings. The Labute approximate surface area is 144 Å². The molecule has 128 valence electrons. The average Bonchev–Trinajstić information content (AvgIpc) is 2.65. The molecule has 1 aliphatic carbocycles. The van der Waals surface area contributed by atoms with Gasteiger partial charge in [0.15, 0.2) is 12.4 Å². The Morgan fingerprint density at radius 3 is 2.52 bits per heavy atom. The van der Waals surface area contributed by atoms with Gasteiger partial charge in [0, 0.05) is 17.7 Å². The van der Waals surface area contributed by atoms with E-state index in [9.17, 15) is 19.7 Å². The van der Waals surface area contributed by atoms with Crippen molar-refractivity contribution < 1.29 is 19.2 Å². The number of hydrogen-bond donors (Lipinski definition) is 0. The lowest BCUT2D eigenvalue weighted by atomic mass is 9.90. The van der Waals surface area contributed by atoms with Gasteiger partial charge in [-0.2, -0.15) is 0 Å². The number of ether oxygens (including phenoxy) is 1. The van der Waals surface area contributed by atoms with E-state index in [4.69, 9.17) is 4.74 Å². The fourth-order valence-electron chi connectivity index (χ4n) is 2.95. The van der Waals surface area contributed by atoms with Gasteiger partial charge in [0.2, 0.25) is 0 Å². The molecular formula is C19H17NO5. The zero-order valence-electron chi connectivity index (χ0n) is 13.6. The Morgan fingerprint density at radius 2 is 1.76 bits per heavy atom. The number of nitro groups is 1. The van der Waals surface area contributed by atoms with Gasteiger partial charge in [-0.3, -0.25) is 14.9 Å². The van der Waals surface area contributed by atoms with E-state index in [0.29, 0.717) is 5.56 Å². The summed E-state index contributed by atoms with van der Waals surface area (Å²) >= 11 is 0. The third kappa shape index (κ3) is 3.91. The van der Waals surface area contributed by atoms with Crippen molar-refractivity contribution in [3.05, 3.63) is 74.8 Å². The van der Waals surface area contributed by atoms with Crippen molar-refractivity contribution in [3.63, 3.8) is 0 Å². The van der Waals surface area contributed by atoms with Crippen molar-refractivity contribution in [2.45, 2.75) is 25.7 Å². The van der Waals surface area contributed by atoms with Gasteiger partial charge < -0.3 is 4.74 Å². The number of hydrogen-bond acceptors (Lipinski definition) is 5. The monoisotopic (exact) mass is 339 g/mol. The number of fused-ring (bicyclic) bond motifs is 1. The van der Waals surface area contributed by atoms with Crippen LogP contribution in [0, 0.1) is 10.1 Å². The molecule has 6 heteroatoms. The first-order valence-electron chi connectivity index (χ1n) is 8.11. The third-order valence-corrected chi connectivity index (χ3v) is 4.30. The van der Waals surface area contributed by atoms with Crippen molar-refractivity contribution in [2.24, 2.45) is 0 Å². The topological polar surface area (TPSA) is 86.5 Å². The molecule has 0 aromatic heterocycles. The summed E-state index contributed by atoms with van der Waals surface area (Å²) in [7, 11) is 0.